The molecule has 0 bridgehead atoms. The van der Waals surface area contributed by atoms with Gasteiger partial charge in [-0.2, -0.15) is 0 Å². The normalized spacial score (nSPS) is 42.7. The highest BCUT2D eigenvalue weighted by atomic mass is 16.6. The van der Waals surface area contributed by atoms with Gasteiger partial charge in [-0.1, -0.05) is 6.92 Å². The summed E-state index contributed by atoms with van der Waals surface area (Å²) >= 11 is 0. The Kier molecular flexibility index (Phi) is 2.19. The first-order valence-electron chi connectivity index (χ1n) is 6.13. The van der Waals surface area contributed by atoms with E-state index in [2.05, 4.69) is 6.92 Å². The highest BCUT2D eigenvalue weighted by Crippen LogP contribution is 2.41. The summed E-state index contributed by atoms with van der Waals surface area (Å²) in [6, 6.07) is 0.344. The van der Waals surface area contributed by atoms with Gasteiger partial charge in [-0.25, -0.2) is 4.79 Å². The largest absolute Gasteiger partial charge is 0.447 e. The summed E-state index contributed by atoms with van der Waals surface area (Å²) in [5.74, 6) is 1.22. The van der Waals surface area contributed by atoms with E-state index in [9.17, 15) is 9.59 Å². The second-order valence-electron chi connectivity index (χ2n) is 5.37. The van der Waals surface area contributed by atoms with E-state index in [1.165, 1.54) is 0 Å². The average Bonchev–Trinajstić information content (AvgIpc) is 2.60. The number of ether oxygens (including phenoxy) is 1. The van der Waals surface area contributed by atoms with E-state index in [1.54, 1.807) is 0 Å². The predicted molar refractivity (Wildman–Crippen MR) is 56.9 cm³/mol. The van der Waals surface area contributed by atoms with Crippen LogP contribution in [0.5, 0.6) is 0 Å². The molecule has 2 heterocycles. The Balaban J connectivity index is 1.88. The first-order chi connectivity index (χ1) is 7.66. The van der Waals surface area contributed by atoms with E-state index in [-0.39, 0.29) is 18.2 Å². The molecule has 2 saturated heterocycles. The van der Waals surface area contributed by atoms with Crippen LogP contribution in [0, 0.1) is 11.8 Å². The maximum absolute atomic E-state index is 11.7. The quantitative estimate of drug-likeness (QED) is 0.626. The number of fused-ring (bicyclic) bond motifs is 3. The van der Waals surface area contributed by atoms with Gasteiger partial charge in [0.25, 0.3) is 0 Å². The fraction of sp³-hybridized carbons (Fsp3) is 0.833. The van der Waals surface area contributed by atoms with E-state index in [0.29, 0.717) is 37.1 Å². The summed E-state index contributed by atoms with van der Waals surface area (Å²) in [7, 11) is 0. The summed E-state index contributed by atoms with van der Waals surface area (Å²) in [5.41, 5.74) is 0. The van der Waals surface area contributed by atoms with Crippen molar-refractivity contribution in [1.29, 1.82) is 0 Å². The topological polar surface area (TPSA) is 46.6 Å². The Morgan fingerprint density at radius 2 is 2.06 bits per heavy atom. The van der Waals surface area contributed by atoms with Gasteiger partial charge in [-0.15, -0.1) is 0 Å². The van der Waals surface area contributed by atoms with Gasteiger partial charge >= 0.3 is 6.09 Å². The molecule has 0 unspecified atom stereocenters. The third kappa shape index (κ3) is 1.35. The maximum atomic E-state index is 11.7. The van der Waals surface area contributed by atoms with E-state index in [4.69, 9.17) is 4.74 Å². The van der Waals surface area contributed by atoms with Gasteiger partial charge in [0.1, 0.15) is 12.4 Å². The average molecular weight is 223 g/mol. The molecule has 4 atom stereocenters. The third-order valence-electron chi connectivity index (χ3n) is 4.41. The first-order valence-corrected chi connectivity index (χ1v) is 6.13. The molecular weight excluding hydrogens is 206 g/mol. The minimum atomic E-state index is -0.207. The van der Waals surface area contributed by atoms with Gasteiger partial charge < -0.3 is 4.74 Å². The van der Waals surface area contributed by atoms with Gasteiger partial charge in [-0.05, 0) is 24.7 Å². The molecule has 3 fully saturated rings. The molecule has 4 heteroatoms. The number of hydrogen-bond donors (Lipinski definition) is 0. The zero-order valence-electron chi connectivity index (χ0n) is 9.52. The van der Waals surface area contributed by atoms with Crippen molar-refractivity contribution < 1.29 is 14.3 Å². The number of amides is 1. The highest BCUT2D eigenvalue weighted by Gasteiger charge is 2.48. The summed E-state index contributed by atoms with van der Waals surface area (Å²) < 4.78 is 5.10. The number of Topliss-reactive ketones (excluding diaryl/α,β-unsaturated/α-hetero) is 1. The van der Waals surface area contributed by atoms with Crippen LogP contribution in [0.15, 0.2) is 0 Å². The summed E-state index contributed by atoms with van der Waals surface area (Å²) in [6.45, 7) is 2.65. The standard InChI is InChI=1S/C12H17NO3/c1-7-4-9(14)5-11-10(7)3-2-8-6-16-12(15)13(8)11/h7-8,10-11H,2-6H2,1H3/t7-,8-,10-,11-/m0/s1. The van der Waals surface area contributed by atoms with E-state index in [1.807, 2.05) is 4.90 Å². The van der Waals surface area contributed by atoms with Crippen molar-refractivity contribution >= 4 is 11.9 Å². The fourth-order valence-corrected chi connectivity index (χ4v) is 3.62. The summed E-state index contributed by atoms with van der Waals surface area (Å²) in [4.78, 5) is 25.2. The monoisotopic (exact) mass is 223 g/mol. The molecule has 0 N–H and O–H groups in total. The van der Waals surface area contributed by atoms with E-state index in [0.717, 1.165) is 12.8 Å². The van der Waals surface area contributed by atoms with Crippen molar-refractivity contribution in [1.82, 2.24) is 4.90 Å². The number of carbonyl (C=O) groups excluding carboxylic acids is 2. The zero-order chi connectivity index (χ0) is 11.3. The number of cyclic esters (lactones) is 1. The lowest BCUT2D eigenvalue weighted by atomic mass is 9.70. The SMILES string of the molecule is C[C@H]1CC(=O)C[C@H]2[C@H]1CC[C@H]1COC(=O)N12. The lowest BCUT2D eigenvalue weighted by Crippen LogP contribution is -2.54. The molecule has 3 rings (SSSR count). The number of piperidine rings is 1. The lowest BCUT2D eigenvalue weighted by Gasteiger charge is -2.46. The second kappa shape index (κ2) is 3.47. The summed E-state index contributed by atoms with van der Waals surface area (Å²) in [5, 5.41) is 0. The van der Waals surface area contributed by atoms with Crippen LogP contribution < -0.4 is 0 Å². The van der Waals surface area contributed by atoms with Crippen LogP contribution in [0.1, 0.15) is 32.6 Å². The van der Waals surface area contributed by atoms with Gasteiger partial charge in [-0.3, -0.25) is 9.69 Å². The van der Waals surface area contributed by atoms with Crippen molar-refractivity contribution in [2.45, 2.75) is 44.7 Å². The first kappa shape index (κ1) is 10.1. The molecule has 4 nitrogen and oxygen atoms in total. The third-order valence-corrected chi connectivity index (χ3v) is 4.41. The smallest absolute Gasteiger partial charge is 0.410 e. The van der Waals surface area contributed by atoms with Gasteiger partial charge in [0.05, 0.1) is 6.04 Å². The van der Waals surface area contributed by atoms with Crippen LogP contribution in [0.4, 0.5) is 4.79 Å². The molecule has 0 aromatic rings. The number of hydrogen-bond acceptors (Lipinski definition) is 3. The van der Waals surface area contributed by atoms with Crippen molar-refractivity contribution in [3.05, 3.63) is 0 Å². The number of carbonyl (C=O) groups is 2. The lowest BCUT2D eigenvalue weighted by molar-refractivity contribution is -0.126. The Bertz CT molecular complexity index is 341. The van der Waals surface area contributed by atoms with Crippen molar-refractivity contribution in [3.63, 3.8) is 0 Å². The molecule has 2 aliphatic heterocycles. The van der Waals surface area contributed by atoms with Gasteiger partial charge in [0.2, 0.25) is 0 Å². The fourth-order valence-electron chi connectivity index (χ4n) is 3.62. The predicted octanol–water partition coefficient (Wildman–Crippen LogP) is 1.58. The number of rotatable bonds is 0. The van der Waals surface area contributed by atoms with Gasteiger partial charge in [0.15, 0.2) is 0 Å². The van der Waals surface area contributed by atoms with Crippen LogP contribution in [-0.4, -0.2) is 35.5 Å². The minimum Gasteiger partial charge on any atom is -0.447 e. The molecule has 1 amide bonds. The minimum absolute atomic E-state index is 0.116. The molecule has 88 valence electrons. The molecule has 0 aromatic carbocycles. The van der Waals surface area contributed by atoms with Crippen LogP contribution >= 0.6 is 0 Å². The molecule has 1 aliphatic carbocycles. The molecular formula is C12H17NO3. The number of nitrogens with zero attached hydrogens (tertiary/aromatic N) is 1. The summed E-state index contributed by atoms with van der Waals surface area (Å²) in [6.07, 6.45) is 3.19. The number of ketones is 1. The Labute approximate surface area is 94.9 Å². The van der Waals surface area contributed by atoms with E-state index >= 15 is 0 Å². The zero-order valence-corrected chi connectivity index (χ0v) is 9.52. The molecule has 16 heavy (non-hydrogen) atoms. The van der Waals surface area contributed by atoms with Crippen LogP contribution in [-0.2, 0) is 9.53 Å². The van der Waals surface area contributed by atoms with Crippen LogP contribution in [0.25, 0.3) is 0 Å². The highest BCUT2D eigenvalue weighted by molar-refractivity contribution is 5.81. The van der Waals surface area contributed by atoms with Crippen LogP contribution in [0.2, 0.25) is 0 Å². The molecule has 0 spiro atoms. The molecule has 3 aliphatic rings. The van der Waals surface area contributed by atoms with Crippen LogP contribution in [0.3, 0.4) is 0 Å². The maximum Gasteiger partial charge on any atom is 0.410 e. The van der Waals surface area contributed by atoms with Crippen molar-refractivity contribution in [2.75, 3.05) is 6.61 Å². The molecule has 1 saturated carbocycles. The Hall–Kier alpha value is -1.06. The van der Waals surface area contributed by atoms with Crippen molar-refractivity contribution in [2.24, 2.45) is 11.8 Å². The van der Waals surface area contributed by atoms with E-state index < -0.39 is 0 Å². The Morgan fingerprint density at radius 1 is 1.25 bits per heavy atom. The molecule has 0 aromatic heterocycles. The van der Waals surface area contributed by atoms with Gasteiger partial charge in [0, 0.05) is 18.9 Å². The Morgan fingerprint density at radius 3 is 2.88 bits per heavy atom. The van der Waals surface area contributed by atoms with Crippen molar-refractivity contribution in [3.8, 4) is 0 Å². The second-order valence-corrected chi connectivity index (χ2v) is 5.37. The molecule has 0 radical (unpaired) electrons.